The van der Waals surface area contributed by atoms with Crippen LogP contribution in [0.1, 0.15) is 84.1 Å². The number of Topliss-reactive ketones (excluding diaryl/α,β-unsaturated/α-hetero) is 1. The van der Waals surface area contributed by atoms with Crippen LogP contribution in [0.5, 0.6) is 11.5 Å². The molecule has 4 atom stereocenters. The topological polar surface area (TPSA) is 77.1 Å². The van der Waals surface area contributed by atoms with E-state index in [1.54, 1.807) is 0 Å². The van der Waals surface area contributed by atoms with E-state index in [0.29, 0.717) is 12.8 Å². The number of ether oxygens (including phenoxy) is 3. The highest BCUT2D eigenvalue weighted by Gasteiger charge is 2.32. The Kier molecular flexibility index (Phi) is 9.10. The van der Waals surface area contributed by atoms with Gasteiger partial charge in [0.25, 0.3) is 0 Å². The van der Waals surface area contributed by atoms with Crippen LogP contribution in [0.15, 0.2) is 48.5 Å². The largest absolute Gasteiger partial charge is 0.493 e. The minimum atomic E-state index is -0.525. The molecule has 1 heterocycles. The summed E-state index contributed by atoms with van der Waals surface area (Å²) in [7, 11) is 0. The number of ketones is 1. The van der Waals surface area contributed by atoms with Crippen LogP contribution in [-0.2, 0) is 9.53 Å². The van der Waals surface area contributed by atoms with Gasteiger partial charge in [-0.05, 0) is 107 Å². The second-order valence-corrected chi connectivity index (χ2v) is 13.2. The van der Waals surface area contributed by atoms with Gasteiger partial charge in [-0.3, -0.25) is 4.79 Å². The molecule has 7 nitrogen and oxygen atoms in total. The van der Waals surface area contributed by atoms with E-state index in [2.05, 4.69) is 53.5 Å². The van der Waals surface area contributed by atoms with Gasteiger partial charge in [-0.2, -0.15) is 0 Å². The third-order valence-electron chi connectivity index (χ3n) is 8.40. The number of alkyl carbamates (subject to hydrolysis) is 1. The first-order valence-electron chi connectivity index (χ1n) is 15.4. The van der Waals surface area contributed by atoms with E-state index >= 15 is 0 Å². The third-order valence-corrected chi connectivity index (χ3v) is 8.40. The Hall–Kier alpha value is -3.22. The average Bonchev–Trinajstić information content (AvgIpc) is 3.44. The second kappa shape index (κ2) is 12.7. The molecule has 2 aromatic carbocycles. The molecule has 5 rings (SSSR count). The van der Waals surface area contributed by atoms with Gasteiger partial charge < -0.3 is 24.4 Å². The number of rotatable bonds is 11. The van der Waals surface area contributed by atoms with Gasteiger partial charge in [0.2, 0.25) is 0 Å². The van der Waals surface area contributed by atoms with E-state index in [-0.39, 0.29) is 29.8 Å². The molecule has 1 unspecified atom stereocenters. The van der Waals surface area contributed by atoms with Crippen LogP contribution in [0.2, 0.25) is 0 Å². The van der Waals surface area contributed by atoms with Crippen molar-refractivity contribution >= 4 is 17.6 Å². The van der Waals surface area contributed by atoms with Gasteiger partial charge in [-0.1, -0.05) is 19.1 Å². The Balaban J connectivity index is 1.04. The fraction of sp³-hybridized carbons (Fsp3) is 0.588. The molecule has 0 bridgehead atoms. The number of amides is 1. The molecule has 2 aliphatic carbocycles. The Morgan fingerprint density at radius 1 is 0.951 bits per heavy atom. The van der Waals surface area contributed by atoms with Gasteiger partial charge >= 0.3 is 6.09 Å². The van der Waals surface area contributed by atoms with E-state index < -0.39 is 11.7 Å². The molecule has 41 heavy (non-hydrogen) atoms. The summed E-state index contributed by atoms with van der Waals surface area (Å²) in [5.74, 6) is 2.98. The maximum Gasteiger partial charge on any atom is 0.407 e. The van der Waals surface area contributed by atoms with E-state index in [9.17, 15) is 9.59 Å². The second-order valence-electron chi connectivity index (χ2n) is 13.2. The molecule has 0 radical (unpaired) electrons. The van der Waals surface area contributed by atoms with Gasteiger partial charge in [-0.25, -0.2) is 4.79 Å². The summed E-state index contributed by atoms with van der Waals surface area (Å²) in [4.78, 5) is 27.5. The summed E-state index contributed by atoms with van der Waals surface area (Å²) in [6.45, 7) is 10.3. The van der Waals surface area contributed by atoms with E-state index in [1.165, 1.54) is 18.5 Å². The van der Waals surface area contributed by atoms with Crippen molar-refractivity contribution in [2.75, 3.05) is 24.6 Å². The molecule has 7 heteroatoms. The third kappa shape index (κ3) is 8.64. The van der Waals surface area contributed by atoms with Crippen LogP contribution in [0.3, 0.4) is 0 Å². The summed E-state index contributed by atoms with van der Waals surface area (Å²) in [5, 5.41) is 2.93. The van der Waals surface area contributed by atoms with Crippen molar-refractivity contribution in [3.63, 3.8) is 0 Å². The molecule has 2 aromatic rings. The van der Waals surface area contributed by atoms with Crippen LogP contribution in [0, 0.1) is 11.8 Å². The maximum atomic E-state index is 13.0. The number of carbonyl (C=O) groups excluding carboxylic acids is 2. The van der Waals surface area contributed by atoms with Crippen molar-refractivity contribution in [1.29, 1.82) is 0 Å². The first-order valence-corrected chi connectivity index (χ1v) is 15.4. The van der Waals surface area contributed by atoms with E-state index in [0.717, 1.165) is 61.9 Å². The van der Waals surface area contributed by atoms with E-state index in [1.807, 2.05) is 32.9 Å². The number of benzene rings is 2. The SMILES string of the molecule is C[C@H](CC(=O)C1CC[C@@H](NC(=O)OC(C)(C)C)C1)c1ccc(O[C@@H]2CCN(c3ccc(OCC4CC4)cc3)C2)cc1. The molecule has 0 aromatic heterocycles. The molecule has 2 saturated carbocycles. The number of nitrogens with one attached hydrogen (secondary N) is 1. The molecular weight excluding hydrogens is 516 g/mol. The molecule has 3 aliphatic rings. The summed E-state index contributed by atoms with van der Waals surface area (Å²) in [6.07, 6.45) is 6.15. The van der Waals surface area contributed by atoms with Crippen molar-refractivity contribution in [2.45, 2.75) is 96.3 Å². The monoisotopic (exact) mass is 562 g/mol. The zero-order chi connectivity index (χ0) is 29.0. The minimum absolute atomic E-state index is 0.00220. The fourth-order valence-corrected chi connectivity index (χ4v) is 5.84. The first kappa shape index (κ1) is 29.3. The van der Waals surface area contributed by atoms with Crippen molar-refractivity contribution in [3.05, 3.63) is 54.1 Å². The van der Waals surface area contributed by atoms with Gasteiger partial charge in [0.1, 0.15) is 29.0 Å². The standard InChI is InChI=1S/C34H46N2O5/c1-23(19-32(37)26-7-10-27(20-26)35-33(38)41-34(2,3)4)25-8-13-30(14-9-25)40-31-17-18-36(21-31)28-11-15-29(16-12-28)39-22-24-5-6-24/h8-9,11-16,23-24,26-27,31H,5-7,10,17-22H2,1-4H3,(H,35,38)/t23-,26?,27-,31-/m1/s1. The van der Waals surface area contributed by atoms with Crippen LogP contribution in [-0.4, -0.2) is 49.3 Å². The van der Waals surface area contributed by atoms with Crippen molar-refractivity contribution in [2.24, 2.45) is 11.8 Å². The highest BCUT2D eigenvalue weighted by Crippen LogP contribution is 2.32. The summed E-state index contributed by atoms with van der Waals surface area (Å²) in [5.41, 5.74) is 1.82. The first-order chi connectivity index (χ1) is 19.6. The molecule has 3 fully saturated rings. The van der Waals surface area contributed by atoms with Crippen LogP contribution < -0.4 is 19.7 Å². The van der Waals surface area contributed by atoms with Crippen molar-refractivity contribution in [3.8, 4) is 11.5 Å². The minimum Gasteiger partial charge on any atom is -0.493 e. The molecule has 1 amide bonds. The molecule has 1 aliphatic heterocycles. The number of carbonyl (C=O) groups is 2. The number of anilines is 1. The summed E-state index contributed by atoms with van der Waals surface area (Å²) < 4.78 is 17.5. The Bertz CT molecular complexity index is 1170. The van der Waals surface area contributed by atoms with Gasteiger partial charge in [-0.15, -0.1) is 0 Å². The molecule has 1 N–H and O–H groups in total. The lowest BCUT2D eigenvalue weighted by Gasteiger charge is -2.22. The van der Waals surface area contributed by atoms with E-state index in [4.69, 9.17) is 14.2 Å². The summed E-state index contributed by atoms with van der Waals surface area (Å²) in [6, 6.07) is 16.7. The van der Waals surface area contributed by atoms with Crippen molar-refractivity contribution in [1.82, 2.24) is 5.32 Å². The number of nitrogens with zero attached hydrogens (tertiary/aromatic N) is 1. The normalized spacial score (nSPS) is 23.2. The van der Waals surface area contributed by atoms with Gasteiger partial charge in [0.05, 0.1) is 13.2 Å². The van der Waals surface area contributed by atoms with Crippen LogP contribution in [0.4, 0.5) is 10.5 Å². The van der Waals surface area contributed by atoms with Gasteiger partial charge in [0.15, 0.2) is 0 Å². The molecule has 1 saturated heterocycles. The van der Waals surface area contributed by atoms with Crippen LogP contribution in [0.25, 0.3) is 0 Å². The number of hydrogen-bond donors (Lipinski definition) is 1. The quantitative estimate of drug-likeness (QED) is 0.321. The lowest BCUT2D eigenvalue weighted by molar-refractivity contribution is -0.123. The lowest BCUT2D eigenvalue weighted by Crippen LogP contribution is -2.38. The number of hydrogen-bond acceptors (Lipinski definition) is 6. The van der Waals surface area contributed by atoms with Gasteiger partial charge in [0, 0.05) is 37.0 Å². The summed E-state index contributed by atoms with van der Waals surface area (Å²) >= 11 is 0. The Morgan fingerprint density at radius 2 is 1.66 bits per heavy atom. The Morgan fingerprint density at radius 3 is 2.34 bits per heavy atom. The predicted octanol–water partition coefficient (Wildman–Crippen LogP) is 6.89. The molecular formula is C34H46N2O5. The molecule has 0 spiro atoms. The maximum absolute atomic E-state index is 13.0. The Labute approximate surface area is 244 Å². The fourth-order valence-electron chi connectivity index (χ4n) is 5.84. The zero-order valence-electron chi connectivity index (χ0n) is 25.1. The smallest absolute Gasteiger partial charge is 0.407 e. The average molecular weight is 563 g/mol. The predicted molar refractivity (Wildman–Crippen MR) is 161 cm³/mol. The van der Waals surface area contributed by atoms with Crippen molar-refractivity contribution < 1.29 is 23.8 Å². The van der Waals surface area contributed by atoms with Crippen LogP contribution >= 0.6 is 0 Å². The zero-order valence-corrected chi connectivity index (χ0v) is 25.1. The lowest BCUT2D eigenvalue weighted by atomic mass is 9.90. The highest BCUT2D eigenvalue weighted by molar-refractivity contribution is 5.82. The highest BCUT2D eigenvalue weighted by atomic mass is 16.6. The molecule has 222 valence electrons.